The van der Waals surface area contributed by atoms with Gasteiger partial charge in [-0.2, -0.15) is 0 Å². The number of amides is 1. The molecule has 0 aromatic heterocycles. The van der Waals surface area contributed by atoms with E-state index < -0.39 is 10.8 Å². The quantitative estimate of drug-likeness (QED) is 0.795. The molecule has 3 N–H and O–H groups in total. The predicted molar refractivity (Wildman–Crippen MR) is 78.4 cm³/mol. The van der Waals surface area contributed by atoms with Gasteiger partial charge in [0, 0.05) is 59.7 Å². The minimum absolute atomic E-state index is 0.0164. The Morgan fingerprint density at radius 1 is 1.37 bits per heavy atom. The molecule has 0 spiro atoms. The number of nitrogen functional groups attached to an aromatic ring is 1. The maximum Gasteiger partial charge on any atom is 0.225 e. The molecule has 5 nitrogen and oxygen atoms in total. The summed E-state index contributed by atoms with van der Waals surface area (Å²) in [5.41, 5.74) is 7.01. The minimum atomic E-state index is -0.665. The van der Waals surface area contributed by atoms with Crippen molar-refractivity contribution in [3.8, 4) is 0 Å². The summed E-state index contributed by atoms with van der Waals surface area (Å²) in [6.45, 7) is 2.35. The predicted octanol–water partition coefficient (Wildman–Crippen LogP) is 0.662. The highest BCUT2D eigenvalue weighted by Crippen LogP contribution is 2.12. The standard InChI is InChI=1S/C13H19N3O2S/c14-11-2-1-3-12(10-11)15-13(17)4-5-16-6-8-19(18)9-7-16/h1-3,10H,4-9,14H2,(H,15,17). The number of hydrogen-bond donors (Lipinski definition) is 2. The fourth-order valence-electron chi connectivity index (χ4n) is 2.00. The van der Waals surface area contributed by atoms with E-state index in [1.807, 2.05) is 12.1 Å². The Morgan fingerprint density at radius 2 is 2.11 bits per heavy atom. The summed E-state index contributed by atoms with van der Waals surface area (Å²) >= 11 is 0. The van der Waals surface area contributed by atoms with Crippen molar-refractivity contribution < 1.29 is 9.00 Å². The number of nitrogens with one attached hydrogen (secondary N) is 1. The second kappa shape index (κ2) is 6.68. The maximum absolute atomic E-state index is 11.8. The average Bonchev–Trinajstić information content (AvgIpc) is 2.38. The van der Waals surface area contributed by atoms with Crippen LogP contribution in [0.5, 0.6) is 0 Å². The van der Waals surface area contributed by atoms with Crippen LogP contribution in [0.4, 0.5) is 11.4 Å². The molecule has 0 aliphatic carbocycles. The molecule has 1 aromatic rings. The largest absolute Gasteiger partial charge is 0.399 e. The normalized spacial score (nSPS) is 17.3. The molecule has 0 radical (unpaired) electrons. The van der Waals surface area contributed by atoms with Crippen molar-refractivity contribution in [3.05, 3.63) is 24.3 Å². The van der Waals surface area contributed by atoms with Crippen molar-refractivity contribution in [2.45, 2.75) is 6.42 Å². The van der Waals surface area contributed by atoms with Crippen LogP contribution in [0.1, 0.15) is 6.42 Å². The second-order valence-corrected chi connectivity index (χ2v) is 6.31. The van der Waals surface area contributed by atoms with Crippen LogP contribution in [-0.4, -0.2) is 46.2 Å². The number of carbonyl (C=O) groups is 1. The molecule has 6 heteroatoms. The lowest BCUT2D eigenvalue weighted by molar-refractivity contribution is -0.116. The summed E-state index contributed by atoms with van der Waals surface area (Å²) in [4.78, 5) is 14.0. The highest BCUT2D eigenvalue weighted by atomic mass is 32.2. The number of carbonyl (C=O) groups excluding carboxylic acids is 1. The smallest absolute Gasteiger partial charge is 0.225 e. The van der Waals surface area contributed by atoms with Crippen LogP contribution < -0.4 is 11.1 Å². The summed E-state index contributed by atoms with van der Waals surface area (Å²) in [5, 5.41) is 2.83. The molecule has 1 heterocycles. The first-order chi connectivity index (χ1) is 9.13. The number of anilines is 2. The Bertz CT molecular complexity index is 469. The third kappa shape index (κ3) is 4.65. The molecule has 19 heavy (non-hydrogen) atoms. The SMILES string of the molecule is Nc1cccc(NC(=O)CCN2CCS(=O)CC2)c1. The first-order valence-electron chi connectivity index (χ1n) is 6.36. The molecule has 1 amide bonds. The van der Waals surface area contributed by atoms with Gasteiger partial charge >= 0.3 is 0 Å². The number of nitrogens with zero attached hydrogens (tertiary/aromatic N) is 1. The molecule has 2 rings (SSSR count). The lowest BCUT2D eigenvalue weighted by Gasteiger charge is -2.25. The molecule has 0 saturated carbocycles. The van der Waals surface area contributed by atoms with Crippen molar-refractivity contribution in [3.63, 3.8) is 0 Å². The third-order valence-corrected chi connectivity index (χ3v) is 4.37. The Balaban J connectivity index is 1.74. The number of nitrogens with two attached hydrogens (primary N) is 1. The number of rotatable bonds is 4. The van der Waals surface area contributed by atoms with E-state index in [0.29, 0.717) is 18.7 Å². The molecule has 1 aliphatic rings. The van der Waals surface area contributed by atoms with Crippen molar-refractivity contribution in [2.75, 3.05) is 42.2 Å². The van der Waals surface area contributed by atoms with Gasteiger partial charge in [0.25, 0.3) is 0 Å². The van der Waals surface area contributed by atoms with Crippen molar-refractivity contribution in [1.82, 2.24) is 4.90 Å². The molecule has 1 fully saturated rings. The topological polar surface area (TPSA) is 75.4 Å². The average molecular weight is 281 g/mol. The summed E-state index contributed by atoms with van der Waals surface area (Å²) in [5.74, 6) is 1.42. The van der Waals surface area contributed by atoms with Crippen LogP contribution in [0.15, 0.2) is 24.3 Å². The van der Waals surface area contributed by atoms with Gasteiger partial charge in [-0.25, -0.2) is 0 Å². The molecule has 1 aliphatic heterocycles. The van der Waals surface area contributed by atoms with Crippen molar-refractivity contribution in [1.29, 1.82) is 0 Å². The molecule has 1 aromatic carbocycles. The molecule has 104 valence electrons. The zero-order chi connectivity index (χ0) is 13.7. The molecule has 0 bridgehead atoms. The Morgan fingerprint density at radius 3 is 2.79 bits per heavy atom. The van der Waals surface area contributed by atoms with Gasteiger partial charge in [-0.1, -0.05) is 6.07 Å². The van der Waals surface area contributed by atoms with Gasteiger partial charge in [-0.15, -0.1) is 0 Å². The highest BCUT2D eigenvalue weighted by Gasteiger charge is 2.15. The summed E-state index contributed by atoms with van der Waals surface area (Å²) in [6.07, 6.45) is 0.446. The van der Waals surface area contributed by atoms with E-state index in [4.69, 9.17) is 5.73 Å². The molecular weight excluding hydrogens is 262 g/mol. The van der Waals surface area contributed by atoms with E-state index in [9.17, 15) is 9.00 Å². The third-order valence-electron chi connectivity index (χ3n) is 3.10. The van der Waals surface area contributed by atoms with E-state index in [1.165, 1.54) is 0 Å². The zero-order valence-electron chi connectivity index (χ0n) is 10.8. The monoisotopic (exact) mass is 281 g/mol. The molecule has 0 atom stereocenters. The first-order valence-corrected chi connectivity index (χ1v) is 7.85. The van der Waals surface area contributed by atoms with Crippen molar-refractivity contribution in [2.24, 2.45) is 0 Å². The summed E-state index contributed by atoms with van der Waals surface area (Å²) < 4.78 is 11.2. The van der Waals surface area contributed by atoms with Crippen LogP contribution in [0.25, 0.3) is 0 Å². The number of hydrogen-bond acceptors (Lipinski definition) is 4. The summed E-state index contributed by atoms with van der Waals surface area (Å²) in [6, 6.07) is 7.15. The van der Waals surface area contributed by atoms with Crippen molar-refractivity contribution >= 4 is 28.1 Å². The van der Waals surface area contributed by atoms with Gasteiger partial charge in [-0.05, 0) is 18.2 Å². The van der Waals surface area contributed by atoms with Crippen LogP contribution in [-0.2, 0) is 15.6 Å². The van der Waals surface area contributed by atoms with E-state index in [-0.39, 0.29) is 5.91 Å². The lowest BCUT2D eigenvalue weighted by atomic mass is 10.2. The summed E-state index contributed by atoms with van der Waals surface area (Å²) in [7, 11) is -0.665. The molecule has 0 unspecified atom stereocenters. The Labute approximate surface area is 115 Å². The van der Waals surface area contributed by atoms with Gasteiger partial charge in [-0.3, -0.25) is 9.00 Å². The molecule has 1 saturated heterocycles. The van der Waals surface area contributed by atoms with Crippen LogP contribution in [0, 0.1) is 0 Å². The van der Waals surface area contributed by atoms with Gasteiger partial charge in [0.15, 0.2) is 0 Å². The maximum atomic E-state index is 11.8. The van der Waals surface area contributed by atoms with Crippen LogP contribution in [0.2, 0.25) is 0 Å². The van der Waals surface area contributed by atoms with Gasteiger partial charge < -0.3 is 16.0 Å². The van der Waals surface area contributed by atoms with Gasteiger partial charge in [0.05, 0.1) is 0 Å². The fourth-order valence-corrected chi connectivity index (χ4v) is 3.13. The molecular formula is C13H19N3O2S. The Kier molecular flexibility index (Phi) is 4.93. The minimum Gasteiger partial charge on any atom is -0.399 e. The van der Waals surface area contributed by atoms with Crippen LogP contribution in [0.3, 0.4) is 0 Å². The Hall–Kier alpha value is -1.40. The second-order valence-electron chi connectivity index (χ2n) is 4.61. The number of benzene rings is 1. The van der Waals surface area contributed by atoms with E-state index in [2.05, 4.69) is 10.2 Å². The lowest BCUT2D eigenvalue weighted by Crippen LogP contribution is -2.39. The fraction of sp³-hybridized carbons (Fsp3) is 0.462. The van der Waals surface area contributed by atoms with Gasteiger partial charge in [0.2, 0.25) is 5.91 Å². The van der Waals surface area contributed by atoms with Crippen LogP contribution >= 0.6 is 0 Å². The van der Waals surface area contributed by atoms with Gasteiger partial charge in [0.1, 0.15) is 0 Å². The van der Waals surface area contributed by atoms with E-state index in [1.54, 1.807) is 12.1 Å². The zero-order valence-corrected chi connectivity index (χ0v) is 11.6. The first kappa shape index (κ1) is 14.0. The van der Waals surface area contributed by atoms with E-state index >= 15 is 0 Å². The van der Waals surface area contributed by atoms with E-state index in [0.717, 1.165) is 30.3 Å². The highest BCUT2D eigenvalue weighted by molar-refractivity contribution is 7.85.